The molecule has 0 bridgehead atoms. The number of rotatable bonds is 8. The number of carbonyl (C=O) groups excluding carboxylic acids is 3. The Labute approximate surface area is 204 Å². The van der Waals surface area contributed by atoms with Crippen LogP contribution in [0.5, 0.6) is 5.75 Å². The molecule has 1 unspecified atom stereocenters. The number of hydrogen-bond acceptors (Lipinski definition) is 9. The Balaban J connectivity index is 1.80. The number of hydrogen-bond donors (Lipinski definition) is 1. The van der Waals surface area contributed by atoms with Crippen LogP contribution in [0.1, 0.15) is 39.7 Å². The lowest BCUT2D eigenvalue weighted by molar-refractivity contribution is -0.132. The summed E-state index contributed by atoms with van der Waals surface area (Å²) in [5, 5.41) is 11.2. The van der Waals surface area contributed by atoms with Crippen molar-refractivity contribution >= 4 is 39.9 Å². The summed E-state index contributed by atoms with van der Waals surface area (Å²) in [5.41, 5.74) is 0.510. The predicted molar refractivity (Wildman–Crippen MR) is 128 cm³/mol. The van der Waals surface area contributed by atoms with Gasteiger partial charge in [-0.2, -0.15) is 0 Å². The normalized spacial score (nSPS) is 17.0. The lowest BCUT2D eigenvalue weighted by atomic mass is 9.99. The molecule has 1 aromatic carbocycles. The lowest BCUT2D eigenvalue weighted by Gasteiger charge is -2.20. The van der Waals surface area contributed by atoms with E-state index in [0.717, 1.165) is 16.2 Å². The number of carbonyl (C=O) groups is 3. The summed E-state index contributed by atoms with van der Waals surface area (Å²) in [5.74, 6) is -1.94. The molecule has 1 amide bonds. The van der Waals surface area contributed by atoms with Crippen LogP contribution in [0.15, 0.2) is 65.3 Å². The molecule has 3 heterocycles. The quantitative estimate of drug-likeness (QED) is 0.161. The number of esters is 1. The number of benzene rings is 1. The van der Waals surface area contributed by atoms with E-state index in [2.05, 4.69) is 11.6 Å². The molecule has 3 aromatic rings. The first-order chi connectivity index (χ1) is 16.9. The first-order valence-corrected chi connectivity index (χ1v) is 11.5. The molecule has 1 fully saturated rings. The maximum Gasteiger partial charge on any atom is 0.350 e. The number of aromatic nitrogens is 1. The standard InChI is InChI=1S/C25H22N2O7S/c1-4-12-34-24(31)22-14(3)26-25(35-22)27-19(17-7-6-13-33-17)18(21(29)23(27)30)20(28)15-8-10-16(11-9-15)32-5-2/h4,6-11,13,19,28H,1,5,12H2,2-3H3/b20-18-. The molecule has 1 aliphatic rings. The number of aliphatic hydroxyl groups excluding tert-OH is 1. The van der Waals surface area contributed by atoms with Crippen LogP contribution in [0, 0.1) is 6.92 Å². The van der Waals surface area contributed by atoms with Crippen LogP contribution < -0.4 is 9.64 Å². The van der Waals surface area contributed by atoms with Crippen molar-refractivity contribution in [2.24, 2.45) is 0 Å². The van der Waals surface area contributed by atoms with Crippen molar-refractivity contribution in [3.05, 3.63) is 82.8 Å². The van der Waals surface area contributed by atoms with Crippen LogP contribution in [0.25, 0.3) is 5.76 Å². The number of thiazole rings is 1. The molecule has 0 aliphatic carbocycles. The molecule has 0 saturated carbocycles. The number of aryl methyl sites for hydroxylation is 1. The van der Waals surface area contributed by atoms with Gasteiger partial charge in [0, 0.05) is 5.56 Å². The third-order valence-electron chi connectivity index (χ3n) is 5.20. The van der Waals surface area contributed by atoms with Gasteiger partial charge >= 0.3 is 11.9 Å². The summed E-state index contributed by atoms with van der Waals surface area (Å²) in [6.45, 7) is 7.46. The van der Waals surface area contributed by atoms with Gasteiger partial charge in [-0.05, 0) is 50.2 Å². The lowest BCUT2D eigenvalue weighted by Crippen LogP contribution is -2.29. The molecule has 10 heteroatoms. The van der Waals surface area contributed by atoms with Crippen LogP contribution >= 0.6 is 11.3 Å². The molecule has 1 atom stereocenters. The summed E-state index contributed by atoms with van der Waals surface area (Å²) < 4.78 is 16.0. The molecule has 1 aliphatic heterocycles. The Kier molecular flexibility index (Phi) is 6.83. The minimum atomic E-state index is -1.08. The van der Waals surface area contributed by atoms with Gasteiger partial charge in [-0.15, -0.1) is 0 Å². The zero-order valence-electron chi connectivity index (χ0n) is 19.0. The fourth-order valence-electron chi connectivity index (χ4n) is 3.65. The van der Waals surface area contributed by atoms with E-state index in [1.165, 1.54) is 12.3 Å². The zero-order chi connectivity index (χ0) is 25.1. The van der Waals surface area contributed by atoms with Gasteiger partial charge < -0.3 is 19.0 Å². The van der Waals surface area contributed by atoms with E-state index in [4.69, 9.17) is 13.9 Å². The van der Waals surface area contributed by atoms with Crippen molar-refractivity contribution in [2.45, 2.75) is 19.9 Å². The summed E-state index contributed by atoms with van der Waals surface area (Å²) in [6.07, 6.45) is 2.84. The van der Waals surface area contributed by atoms with Gasteiger partial charge in [0.15, 0.2) is 5.13 Å². The highest BCUT2D eigenvalue weighted by Crippen LogP contribution is 2.44. The molecule has 35 heavy (non-hydrogen) atoms. The van der Waals surface area contributed by atoms with Crippen LogP contribution in [0.4, 0.5) is 5.13 Å². The van der Waals surface area contributed by atoms with E-state index in [9.17, 15) is 19.5 Å². The SMILES string of the molecule is C=CCOC(=O)c1sc(N2C(=O)C(=O)/C(=C(\O)c3ccc(OCC)cc3)C2c2ccco2)nc1C. The summed E-state index contributed by atoms with van der Waals surface area (Å²) >= 11 is 0.910. The number of furan rings is 1. The third-order valence-corrected chi connectivity index (χ3v) is 6.34. The van der Waals surface area contributed by atoms with Gasteiger partial charge in [-0.3, -0.25) is 14.5 Å². The molecule has 0 spiro atoms. The molecule has 1 saturated heterocycles. The van der Waals surface area contributed by atoms with Gasteiger partial charge in [-0.1, -0.05) is 24.0 Å². The average molecular weight is 495 g/mol. The highest BCUT2D eigenvalue weighted by Gasteiger charge is 2.49. The zero-order valence-corrected chi connectivity index (χ0v) is 19.8. The largest absolute Gasteiger partial charge is 0.507 e. The van der Waals surface area contributed by atoms with Crippen molar-refractivity contribution < 1.29 is 33.4 Å². The van der Waals surface area contributed by atoms with Gasteiger partial charge in [0.25, 0.3) is 5.78 Å². The van der Waals surface area contributed by atoms with Crippen molar-refractivity contribution in [1.29, 1.82) is 0 Å². The second-order valence-corrected chi connectivity index (χ2v) is 8.42. The van der Waals surface area contributed by atoms with Crippen LogP contribution in [0.3, 0.4) is 0 Å². The number of anilines is 1. The Morgan fingerprint density at radius 2 is 2.03 bits per heavy atom. The Bertz CT molecular complexity index is 1310. The summed E-state index contributed by atoms with van der Waals surface area (Å²) in [4.78, 5) is 44.4. The second kappa shape index (κ2) is 9.98. The van der Waals surface area contributed by atoms with Crippen molar-refractivity contribution in [2.75, 3.05) is 18.1 Å². The van der Waals surface area contributed by atoms with Gasteiger partial charge in [0.05, 0.1) is 24.1 Å². The Morgan fingerprint density at radius 1 is 1.29 bits per heavy atom. The van der Waals surface area contributed by atoms with E-state index in [0.29, 0.717) is 23.6 Å². The van der Waals surface area contributed by atoms with E-state index >= 15 is 0 Å². The maximum absolute atomic E-state index is 13.2. The number of ether oxygens (including phenoxy) is 2. The van der Waals surface area contributed by atoms with Crippen molar-refractivity contribution in [3.8, 4) is 5.75 Å². The molecular formula is C25H22N2O7S. The maximum atomic E-state index is 13.2. The number of nitrogens with zero attached hydrogens (tertiary/aromatic N) is 2. The average Bonchev–Trinajstić information content (AvgIpc) is 3.57. The number of aliphatic hydroxyl groups is 1. The number of amides is 1. The van der Waals surface area contributed by atoms with Gasteiger partial charge in [-0.25, -0.2) is 9.78 Å². The van der Waals surface area contributed by atoms with E-state index in [1.54, 1.807) is 43.3 Å². The first-order valence-electron chi connectivity index (χ1n) is 10.7. The van der Waals surface area contributed by atoms with Crippen LogP contribution in [0.2, 0.25) is 0 Å². The minimum Gasteiger partial charge on any atom is -0.507 e. The summed E-state index contributed by atoms with van der Waals surface area (Å²) in [7, 11) is 0. The van der Waals surface area contributed by atoms with E-state index in [1.807, 2.05) is 6.92 Å². The minimum absolute atomic E-state index is 0.0184. The number of ketones is 1. The highest BCUT2D eigenvalue weighted by atomic mass is 32.1. The molecule has 4 rings (SSSR count). The smallest absolute Gasteiger partial charge is 0.350 e. The van der Waals surface area contributed by atoms with E-state index < -0.39 is 23.7 Å². The van der Waals surface area contributed by atoms with E-state index in [-0.39, 0.29) is 33.7 Å². The number of Topliss-reactive ketones (excluding diaryl/α,β-unsaturated/α-hetero) is 1. The molecule has 1 N–H and O–H groups in total. The Hall–Kier alpha value is -4.18. The molecule has 0 radical (unpaired) electrons. The molecule has 9 nitrogen and oxygen atoms in total. The summed E-state index contributed by atoms with van der Waals surface area (Å²) in [6, 6.07) is 8.61. The fourth-order valence-corrected chi connectivity index (χ4v) is 4.64. The predicted octanol–water partition coefficient (Wildman–Crippen LogP) is 4.41. The van der Waals surface area contributed by atoms with Gasteiger partial charge in [0.2, 0.25) is 0 Å². The third kappa shape index (κ3) is 4.47. The van der Waals surface area contributed by atoms with Crippen molar-refractivity contribution in [3.63, 3.8) is 0 Å². The fraction of sp³-hybridized carbons (Fsp3) is 0.200. The first kappa shape index (κ1) is 24.0. The molecule has 180 valence electrons. The highest BCUT2D eigenvalue weighted by molar-refractivity contribution is 7.17. The topological polar surface area (TPSA) is 119 Å². The van der Waals surface area contributed by atoms with Crippen molar-refractivity contribution in [1.82, 2.24) is 4.98 Å². The van der Waals surface area contributed by atoms with Crippen LogP contribution in [-0.4, -0.2) is 41.0 Å². The Morgan fingerprint density at radius 3 is 2.66 bits per heavy atom. The monoisotopic (exact) mass is 494 g/mol. The second-order valence-electron chi connectivity index (χ2n) is 7.44. The molecular weight excluding hydrogens is 472 g/mol. The van der Waals surface area contributed by atoms with Gasteiger partial charge in [0.1, 0.15) is 34.8 Å². The van der Waals surface area contributed by atoms with Crippen LogP contribution in [-0.2, 0) is 14.3 Å². The molecule has 2 aromatic heterocycles.